The third-order valence-electron chi connectivity index (χ3n) is 5.21. The number of anilines is 1. The Kier molecular flexibility index (Phi) is 7.57. The van der Waals surface area contributed by atoms with Crippen LogP contribution < -0.4 is 4.90 Å². The highest BCUT2D eigenvalue weighted by Gasteiger charge is 2.35. The highest BCUT2D eigenvalue weighted by Crippen LogP contribution is 2.39. The number of nitrogens with zero attached hydrogens (tertiary/aromatic N) is 1. The van der Waals surface area contributed by atoms with Crippen molar-refractivity contribution in [3.63, 3.8) is 0 Å². The van der Waals surface area contributed by atoms with Crippen molar-refractivity contribution in [2.75, 3.05) is 31.8 Å². The highest BCUT2D eigenvalue weighted by molar-refractivity contribution is 7.99. The molecule has 0 aliphatic carbocycles. The minimum Gasteiger partial charge on any atom is -0.381 e. The summed E-state index contributed by atoms with van der Waals surface area (Å²) in [7, 11) is 1.70. The van der Waals surface area contributed by atoms with E-state index in [1.54, 1.807) is 19.2 Å². The molecule has 1 aliphatic rings. The summed E-state index contributed by atoms with van der Waals surface area (Å²) >= 11 is 7.69. The Balaban J connectivity index is 1.82. The number of carbonyl (C=O) groups excluding carboxylic acids is 1. The second-order valence-electron chi connectivity index (χ2n) is 7.27. The van der Waals surface area contributed by atoms with Crippen LogP contribution >= 0.6 is 23.4 Å². The molecule has 0 N–H and O–H groups in total. The number of methoxy groups -OCH3 is 1. The van der Waals surface area contributed by atoms with Crippen LogP contribution in [0.4, 0.5) is 18.9 Å². The van der Waals surface area contributed by atoms with Crippen molar-refractivity contribution in [3.05, 3.63) is 53.1 Å². The normalized spacial score (nSPS) is 16.2. The van der Waals surface area contributed by atoms with Gasteiger partial charge < -0.3 is 14.4 Å². The van der Waals surface area contributed by atoms with Crippen molar-refractivity contribution in [2.24, 2.45) is 0 Å². The number of alkyl halides is 3. The largest absolute Gasteiger partial charge is 0.406 e. The predicted molar refractivity (Wildman–Crippen MR) is 115 cm³/mol. The predicted octanol–water partition coefficient (Wildman–Crippen LogP) is 6.06. The molecule has 0 unspecified atom stereocenters. The number of carbonyl (C=O) groups is 1. The molecule has 1 amide bonds. The molecule has 31 heavy (non-hydrogen) atoms. The van der Waals surface area contributed by atoms with E-state index < -0.39 is 24.2 Å². The van der Waals surface area contributed by atoms with E-state index in [-0.39, 0.29) is 10.7 Å². The van der Waals surface area contributed by atoms with Gasteiger partial charge in [0.25, 0.3) is 0 Å². The molecule has 0 saturated carbocycles. The van der Waals surface area contributed by atoms with E-state index in [0.29, 0.717) is 18.1 Å². The van der Waals surface area contributed by atoms with Gasteiger partial charge in [0, 0.05) is 49.9 Å². The molecule has 1 aliphatic heterocycles. The Hall–Kier alpha value is -1.74. The van der Waals surface area contributed by atoms with E-state index in [0.717, 1.165) is 35.1 Å². The Morgan fingerprint density at radius 3 is 2.45 bits per heavy atom. The van der Waals surface area contributed by atoms with E-state index in [9.17, 15) is 18.0 Å². The van der Waals surface area contributed by atoms with Crippen LogP contribution in [0, 0.1) is 0 Å². The minimum atomic E-state index is -4.52. The van der Waals surface area contributed by atoms with Gasteiger partial charge in [0.05, 0.1) is 16.3 Å². The zero-order valence-electron chi connectivity index (χ0n) is 17.2. The van der Waals surface area contributed by atoms with Crippen LogP contribution in [0.25, 0.3) is 0 Å². The number of ether oxygens (including phenoxy) is 2. The van der Waals surface area contributed by atoms with Crippen LogP contribution in [0.5, 0.6) is 0 Å². The average molecular weight is 474 g/mol. The van der Waals surface area contributed by atoms with Gasteiger partial charge in [0.1, 0.15) is 6.54 Å². The molecular formula is C22H23ClF3NO3S. The zero-order valence-corrected chi connectivity index (χ0v) is 18.7. The van der Waals surface area contributed by atoms with Gasteiger partial charge in [-0.05, 0) is 35.9 Å². The minimum absolute atomic E-state index is 0.0325. The van der Waals surface area contributed by atoms with Crippen LogP contribution in [0.3, 0.4) is 0 Å². The summed E-state index contributed by atoms with van der Waals surface area (Å²) in [5.41, 5.74) is 0.694. The third-order valence-corrected chi connectivity index (χ3v) is 6.50. The van der Waals surface area contributed by atoms with E-state index >= 15 is 0 Å². The van der Waals surface area contributed by atoms with Crippen molar-refractivity contribution < 1.29 is 27.4 Å². The maximum absolute atomic E-state index is 12.8. The van der Waals surface area contributed by atoms with E-state index in [1.165, 1.54) is 17.8 Å². The molecule has 2 aromatic carbocycles. The van der Waals surface area contributed by atoms with Crippen LogP contribution in [0.15, 0.2) is 52.3 Å². The Morgan fingerprint density at radius 1 is 1.19 bits per heavy atom. The lowest BCUT2D eigenvalue weighted by Gasteiger charge is -2.36. The average Bonchev–Trinajstić information content (AvgIpc) is 2.72. The van der Waals surface area contributed by atoms with Gasteiger partial charge >= 0.3 is 6.18 Å². The molecule has 3 rings (SSSR count). The van der Waals surface area contributed by atoms with Gasteiger partial charge in [-0.2, -0.15) is 13.2 Å². The van der Waals surface area contributed by atoms with Gasteiger partial charge in [-0.3, -0.25) is 4.79 Å². The van der Waals surface area contributed by atoms with Crippen LogP contribution in [0.1, 0.15) is 25.3 Å². The number of benzene rings is 2. The Bertz CT molecular complexity index is 932. The topological polar surface area (TPSA) is 38.8 Å². The monoisotopic (exact) mass is 473 g/mol. The van der Waals surface area contributed by atoms with Crippen molar-refractivity contribution in [3.8, 4) is 0 Å². The fourth-order valence-corrected chi connectivity index (χ4v) is 4.87. The van der Waals surface area contributed by atoms with Crippen LogP contribution in [-0.4, -0.2) is 39.0 Å². The summed E-state index contributed by atoms with van der Waals surface area (Å²) in [6.45, 7) is 0.956. The standard InChI is InChI=1S/C22H23ClF3NO3S/c1-15(28)27(14-22(24,25)26)20-7-6-18(13-19(20)23)31-17-5-3-4-16(12-17)21(29-2)8-10-30-11-9-21/h3-7,12-13H,8-11,14H2,1-2H3. The molecule has 0 bridgehead atoms. The van der Waals surface area contributed by atoms with Gasteiger partial charge in [0.15, 0.2) is 0 Å². The first kappa shape index (κ1) is 23.9. The molecule has 0 radical (unpaired) electrons. The molecule has 168 valence electrons. The quantitative estimate of drug-likeness (QED) is 0.511. The summed E-state index contributed by atoms with van der Waals surface area (Å²) in [5, 5.41) is 0.0818. The van der Waals surface area contributed by atoms with Crippen LogP contribution in [-0.2, 0) is 19.9 Å². The lowest BCUT2D eigenvalue weighted by molar-refractivity contribution is -0.131. The first-order valence-electron chi connectivity index (χ1n) is 9.69. The summed E-state index contributed by atoms with van der Waals surface area (Å²) < 4.78 is 49.8. The SMILES string of the molecule is COC1(c2cccc(Sc3ccc(N(CC(F)(F)F)C(C)=O)c(Cl)c3)c2)CCOCC1. The second-order valence-corrected chi connectivity index (χ2v) is 8.83. The fraction of sp³-hybridized carbons (Fsp3) is 0.409. The molecular weight excluding hydrogens is 451 g/mol. The lowest BCUT2D eigenvalue weighted by atomic mass is 9.86. The van der Waals surface area contributed by atoms with Crippen molar-refractivity contribution in [1.29, 1.82) is 0 Å². The summed E-state index contributed by atoms with van der Waals surface area (Å²) in [4.78, 5) is 14.1. The molecule has 1 fully saturated rings. The molecule has 1 heterocycles. The maximum atomic E-state index is 12.8. The van der Waals surface area contributed by atoms with Crippen molar-refractivity contribution in [2.45, 2.75) is 41.3 Å². The van der Waals surface area contributed by atoms with Gasteiger partial charge in [0.2, 0.25) is 5.91 Å². The number of halogens is 4. The summed E-state index contributed by atoms with van der Waals surface area (Å²) in [6.07, 6.45) is -3.00. The molecule has 0 spiro atoms. The molecule has 4 nitrogen and oxygen atoms in total. The van der Waals surface area contributed by atoms with Gasteiger partial charge in [-0.1, -0.05) is 35.5 Å². The molecule has 0 atom stereocenters. The molecule has 1 saturated heterocycles. The van der Waals surface area contributed by atoms with E-state index in [2.05, 4.69) is 0 Å². The zero-order chi connectivity index (χ0) is 22.6. The van der Waals surface area contributed by atoms with E-state index in [1.807, 2.05) is 24.3 Å². The van der Waals surface area contributed by atoms with Crippen LogP contribution in [0.2, 0.25) is 5.02 Å². The first-order valence-corrected chi connectivity index (χ1v) is 10.9. The maximum Gasteiger partial charge on any atom is 0.406 e. The first-order chi connectivity index (χ1) is 14.6. The number of hydrogen-bond donors (Lipinski definition) is 0. The van der Waals surface area contributed by atoms with Gasteiger partial charge in [-0.25, -0.2) is 0 Å². The Morgan fingerprint density at radius 2 is 1.87 bits per heavy atom. The number of hydrogen-bond acceptors (Lipinski definition) is 4. The molecule has 2 aromatic rings. The summed E-state index contributed by atoms with van der Waals surface area (Å²) in [6, 6.07) is 12.6. The number of amides is 1. The Labute approximate surface area is 188 Å². The highest BCUT2D eigenvalue weighted by atomic mass is 35.5. The van der Waals surface area contributed by atoms with Gasteiger partial charge in [-0.15, -0.1) is 0 Å². The van der Waals surface area contributed by atoms with Crippen molar-refractivity contribution >= 4 is 35.0 Å². The molecule has 0 aromatic heterocycles. The second kappa shape index (κ2) is 9.81. The fourth-order valence-electron chi connectivity index (χ4n) is 3.61. The smallest absolute Gasteiger partial charge is 0.381 e. The third kappa shape index (κ3) is 5.94. The lowest BCUT2D eigenvalue weighted by Crippen LogP contribution is -2.37. The van der Waals surface area contributed by atoms with E-state index in [4.69, 9.17) is 21.1 Å². The molecule has 9 heteroatoms. The van der Waals surface area contributed by atoms with Crippen molar-refractivity contribution in [1.82, 2.24) is 0 Å². The summed E-state index contributed by atoms with van der Waals surface area (Å²) in [5.74, 6) is -0.728. The number of rotatable bonds is 6.